The molecule has 0 fully saturated rings. The minimum absolute atomic E-state index is 0.0253. The first kappa shape index (κ1) is 18.5. The van der Waals surface area contributed by atoms with E-state index in [1.165, 1.54) is 6.92 Å². The molecule has 1 unspecified atom stereocenters. The van der Waals surface area contributed by atoms with E-state index in [1.54, 1.807) is 18.1 Å². The van der Waals surface area contributed by atoms with E-state index < -0.39 is 0 Å². The number of amides is 2. The van der Waals surface area contributed by atoms with Crippen LogP contribution in [0.3, 0.4) is 0 Å². The maximum absolute atomic E-state index is 12.5. The Morgan fingerprint density at radius 2 is 1.84 bits per heavy atom. The third-order valence-electron chi connectivity index (χ3n) is 4.10. The van der Waals surface area contributed by atoms with E-state index in [4.69, 9.17) is 4.74 Å². The Balaban J connectivity index is 2.13. The molecule has 0 saturated carbocycles. The molecular weight excluding hydrogens is 316 g/mol. The highest BCUT2D eigenvalue weighted by Crippen LogP contribution is 2.25. The normalized spacial score (nSPS) is 11.5. The highest BCUT2D eigenvalue weighted by Gasteiger charge is 2.21. The summed E-state index contributed by atoms with van der Waals surface area (Å²) in [5.41, 5.74) is 2.60. The van der Waals surface area contributed by atoms with E-state index in [2.05, 4.69) is 5.32 Å². The van der Waals surface area contributed by atoms with E-state index in [-0.39, 0.29) is 24.4 Å². The Bertz CT molecular complexity index is 744. The third kappa shape index (κ3) is 4.83. The quantitative estimate of drug-likeness (QED) is 0.875. The van der Waals surface area contributed by atoms with Crippen LogP contribution in [0.15, 0.2) is 48.5 Å². The van der Waals surface area contributed by atoms with Gasteiger partial charge in [0.2, 0.25) is 11.8 Å². The molecule has 0 aliphatic rings. The second-order valence-corrected chi connectivity index (χ2v) is 5.99. The number of hydrogen-bond acceptors (Lipinski definition) is 3. The summed E-state index contributed by atoms with van der Waals surface area (Å²) in [4.78, 5) is 26.1. The van der Waals surface area contributed by atoms with Gasteiger partial charge in [-0.15, -0.1) is 0 Å². The smallest absolute Gasteiger partial charge is 0.244 e. The van der Waals surface area contributed by atoms with Gasteiger partial charge < -0.3 is 15.0 Å². The summed E-state index contributed by atoms with van der Waals surface area (Å²) in [6.07, 6.45) is 0. The summed E-state index contributed by atoms with van der Waals surface area (Å²) >= 11 is 0. The Morgan fingerprint density at radius 1 is 1.16 bits per heavy atom. The van der Waals surface area contributed by atoms with Gasteiger partial charge in [0.1, 0.15) is 12.3 Å². The van der Waals surface area contributed by atoms with Gasteiger partial charge in [0.25, 0.3) is 0 Å². The monoisotopic (exact) mass is 340 g/mol. The van der Waals surface area contributed by atoms with Crippen molar-refractivity contribution in [1.82, 2.24) is 4.90 Å². The Kier molecular flexibility index (Phi) is 6.17. The molecule has 0 saturated heterocycles. The average Bonchev–Trinajstić information content (AvgIpc) is 2.60. The van der Waals surface area contributed by atoms with Crippen LogP contribution in [0.2, 0.25) is 0 Å². The largest absolute Gasteiger partial charge is 0.495 e. The summed E-state index contributed by atoms with van der Waals surface area (Å²) < 4.78 is 5.28. The molecule has 0 spiro atoms. The molecule has 5 nitrogen and oxygen atoms in total. The lowest BCUT2D eigenvalue weighted by Crippen LogP contribution is -2.38. The van der Waals surface area contributed by atoms with Crippen LogP contribution in [0.25, 0.3) is 0 Å². The third-order valence-corrected chi connectivity index (χ3v) is 4.10. The highest BCUT2D eigenvalue weighted by atomic mass is 16.5. The Hall–Kier alpha value is -2.82. The van der Waals surface area contributed by atoms with Crippen LogP contribution in [0.1, 0.15) is 31.0 Å². The Morgan fingerprint density at radius 3 is 2.44 bits per heavy atom. The van der Waals surface area contributed by atoms with Gasteiger partial charge in [0.15, 0.2) is 0 Å². The van der Waals surface area contributed by atoms with Crippen LogP contribution in [-0.4, -0.2) is 30.4 Å². The molecule has 5 heteroatoms. The molecule has 25 heavy (non-hydrogen) atoms. The van der Waals surface area contributed by atoms with Gasteiger partial charge in [0, 0.05) is 6.92 Å². The van der Waals surface area contributed by atoms with E-state index in [1.807, 2.05) is 56.3 Å². The Labute approximate surface area is 148 Å². The van der Waals surface area contributed by atoms with Crippen molar-refractivity contribution in [3.63, 3.8) is 0 Å². The second kappa shape index (κ2) is 8.33. The average molecular weight is 340 g/mol. The minimum atomic E-state index is -0.262. The molecule has 132 valence electrons. The molecule has 1 N–H and O–H groups in total. The number of nitrogens with zero attached hydrogens (tertiary/aromatic N) is 1. The number of benzene rings is 2. The molecular formula is C20H24N2O3. The first-order valence-electron chi connectivity index (χ1n) is 8.19. The van der Waals surface area contributed by atoms with Crippen molar-refractivity contribution in [3.05, 3.63) is 59.7 Å². The standard InChI is InChI=1S/C20H24N2O3/c1-14-10-11-19(25-4)18(12-14)21-20(24)13-22(16(3)23)15(2)17-8-6-5-7-9-17/h5-12,15H,13H2,1-4H3,(H,21,24). The first-order valence-corrected chi connectivity index (χ1v) is 8.19. The van der Waals surface area contributed by atoms with Crippen LogP contribution >= 0.6 is 0 Å². The van der Waals surface area contributed by atoms with Crippen molar-refractivity contribution in [2.24, 2.45) is 0 Å². The van der Waals surface area contributed by atoms with Gasteiger partial charge in [-0.25, -0.2) is 0 Å². The van der Waals surface area contributed by atoms with Crippen LogP contribution in [0.5, 0.6) is 5.75 Å². The number of anilines is 1. The van der Waals surface area contributed by atoms with Crippen LogP contribution in [0, 0.1) is 6.92 Å². The van der Waals surface area contributed by atoms with Crippen molar-refractivity contribution < 1.29 is 14.3 Å². The zero-order valence-corrected chi connectivity index (χ0v) is 15.1. The lowest BCUT2D eigenvalue weighted by atomic mass is 10.1. The molecule has 0 aromatic heterocycles. The molecule has 2 amide bonds. The summed E-state index contributed by atoms with van der Waals surface area (Å²) in [6.45, 7) is 5.30. The predicted octanol–water partition coefficient (Wildman–Crippen LogP) is 3.55. The number of hydrogen-bond donors (Lipinski definition) is 1. The van der Waals surface area contributed by atoms with Crippen LogP contribution in [-0.2, 0) is 9.59 Å². The number of ether oxygens (including phenoxy) is 1. The maximum atomic E-state index is 12.5. The van der Waals surface area contributed by atoms with E-state index >= 15 is 0 Å². The number of carbonyl (C=O) groups excluding carboxylic acids is 2. The summed E-state index contributed by atoms with van der Waals surface area (Å²) in [5, 5.41) is 2.84. The second-order valence-electron chi connectivity index (χ2n) is 5.99. The number of methoxy groups -OCH3 is 1. The van der Waals surface area contributed by atoms with Crippen molar-refractivity contribution in [2.45, 2.75) is 26.8 Å². The molecule has 2 aromatic carbocycles. The van der Waals surface area contributed by atoms with E-state index in [0.717, 1.165) is 11.1 Å². The molecule has 2 rings (SSSR count). The molecule has 0 aliphatic carbocycles. The lowest BCUT2D eigenvalue weighted by Gasteiger charge is -2.28. The first-order chi connectivity index (χ1) is 11.9. The number of carbonyl (C=O) groups is 2. The fourth-order valence-corrected chi connectivity index (χ4v) is 2.70. The van der Waals surface area contributed by atoms with E-state index in [9.17, 15) is 9.59 Å². The van der Waals surface area contributed by atoms with Gasteiger partial charge >= 0.3 is 0 Å². The molecule has 0 aliphatic heterocycles. The van der Waals surface area contributed by atoms with Crippen molar-refractivity contribution >= 4 is 17.5 Å². The van der Waals surface area contributed by atoms with Gasteiger partial charge in [-0.3, -0.25) is 9.59 Å². The number of aryl methyl sites for hydroxylation is 1. The minimum Gasteiger partial charge on any atom is -0.495 e. The molecule has 2 aromatic rings. The number of nitrogens with one attached hydrogen (secondary N) is 1. The van der Waals surface area contributed by atoms with Crippen LogP contribution < -0.4 is 10.1 Å². The summed E-state index contributed by atoms with van der Waals surface area (Å²) in [5.74, 6) is 0.175. The highest BCUT2D eigenvalue weighted by molar-refractivity contribution is 5.95. The van der Waals surface area contributed by atoms with Gasteiger partial charge in [-0.05, 0) is 37.1 Å². The van der Waals surface area contributed by atoms with Gasteiger partial charge in [-0.1, -0.05) is 36.4 Å². The molecule has 0 heterocycles. The van der Waals surface area contributed by atoms with Gasteiger partial charge in [0.05, 0.1) is 18.8 Å². The summed E-state index contributed by atoms with van der Waals surface area (Å²) in [6, 6.07) is 15.0. The lowest BCUT2D eigenvalue weighted by molar-refractivity contribution is -0.134. The molecule has 1 atom stereocenters. The zero-order valence-electron chi connectivity index (χ0n) is 15.1. The van der Waals surface area contributed by atoms with Crippen molar-refractivity contribution in [2.75, 3.05) is 19.0 Å². The molecule has 0 bridgehead atoms. The maximum Gasteiger partial charge on any atom is 0.244 e. The fourth-order valence-electron chi connectivity index (χ4n) is 2.70. The summed E-state index contributed by atoms with van der Waals surface area (Å²) in [7, 11) is 1.56. The fraction of sp³-hybridized carbons (Fsp3) is 0.300. The number of rotatable bonds is 6. The van der Waals surface area contributed by atoms with Crippen LogP contribution in [0.4, 0.5) is 5.69 Å². The zero-order chi connectivity index (χ0) is 18.4. The van der Waals surface area contributed by atoms with E-state index in [0.29, 0.717) is 11.4 Å². The predicted molar refractivity (Wildman–Crippen MR) is 98.6 cm³/mol. The topological polar surface area (TPSA) is 58.6 Å². The SMILES string of the molecule is COc1ccc(C)cc1NC(=O)CN(C(C)=O)C(C)c1ccccc1. The molecule has 0 radical (unpaired) electrons. The van der Waals surface area contributed by atoms with Crippen molar-refractivity contribution in [3.8, 4) is 5.75 Å². The van der Waals surface area contributed by atoms with Crippen molar-refractivity contribution in [1.29, 1.82) is 0 Å². The van der Waals surface area contributed by atoms with Gasteiger partial charge in [-0.2, -0.15) is 0 Å².